The van der Waals surface area contributed by atoms with Crippen molar-refractivity contribution in [2.75, 3.05) is 39.0 Å². The number of rotatable bonds is 9. The Morgan fingerprint density at radius 3 is 2.25 bits per heavy atom. The highest BCUT2D eigenvalue weighted by atomic mass is 16.2. The van der Waals surface area contributed by atoms with E-state index in [9.17, 15) is 9.59 Å². The number of likely N-dealkylation sites (N-methyl/N-ethyl adjacent to an activating group) is 1. The van der Waals surface area contributed by atoms with E-state index in [1.165, 1.54) is 0 Å². The Morgan fingerprint density at radius 1 is 1.07 bits per heavy atom. The highest BCUT2D eigenvalue weighted by Crippen LogP contribution is 2.20. The molecule has 1 aliphatic carbocycles. The second kappa shape index (κ2) is 10.3. The summed E-state index contributed by atoms with van der Waals surface area (Å²) in [4.78, 5) is 28.5. The standard InChI is InChI=1S/C21H35N5O2/c1-15(2)14-26(13-12-25(4)5)21(28)22-16(3)17-6-8-18(9-7-17)23-20(27)24-19-10-11-19/h6-9,15-16,19H,10-14H2,1-5H3,(H,22,28)(H2,23,24,27). The lowest BCUT2D eigenvalue weighted by molar-refractivity contribution is 0.181. The van der Waals surface area contributed by atoms with Crippen LogP contribution in [0.1, 0.15) is 45.2 Å². The van der Waals surface area contributed by atoms with Crippen molar-refractivity contribution in [2.24, 2.45) is 5.92 Å². The summed E-state index contributed by atoms with van der Waals surface area (Å²) in [5.74, 6) is 0.412. The van der Waals surface area contributed by atoms with E-state index in [-0.39, 0.29) is 18.1 Å². The molecular formula is C21H35N5O2. The van der Waals surface area contributed by atoms with Crippen molar-refractivity contribution in [2.45, 2.75) is 45.7 Å². The van der Waals surface area contributed by atoms with E-state index < -0.39 is 0 Å². The van der Waals surface area contributed by atoms with Crippen LogP contribution >= 0.6 is 0 Å². The van der Waals surface area contributed by atoms with Gasteiger partial charge in [0.05, 0.1) is 6.04 Å². The number of carbonyl (C=O) groups excluding carboxylic acids is 2. The molecule has 3 N–H and O–H groups in total. The number of urea groups is 2. The molecule has 1 aromatic rings. The van der Waals surface area contributed by atoms with Crippen molar-refractivity contribution in [1.29, 1.82) is 0 Å². The maximum absolute atomic E-state index is 12.7. The first-order chi connectivity index (χ1) is 13.2. The molecule has 1 aliphatic rings. The van der Waals surface area contributed by atoms with Crippen molar-refractivity contribution >= 4 is 17.7 Å². The first kappa shape index (κ1) is 22.0. The Labute approximate surface area is 168 Å². The summed E-state index contributed by atoms with van der Waals surface area (Å²) in [6.45, 7) is 8.46. The van der Waals surface area contributed by atoms with Gasteiger partial charge in [0.1, 0.15) is 0 Å². The highest BCUT2D eigenvalue weighted by Gasteiger charge is 2.23. The molecular weight excluding hydrogens is 354 g/mol. The first-order valence-corrected chi connectivity index (χ1v) is 10.1. The largest absolute Gasteiger partial charge is 0.335 e. The summed E-state index contributed by atoms with van der Waals surface area (Å²) in [5.41, 5.74) is 1.74. The van der Waals surface area contributed by atoms with Crippen molar-refractivity contribution in [3.05, 3.63) is 29.8 Å². The van der Waals surface area contributed by atoms with Crippen molar-refractivity contribution in [3.8, 4) is 0 Å². The number of hydrogen-bond acceptors (Lipinski definition) is 3. The van der Waals surface area contributed by atoms with Gasteiger partial charge in [0.25, 0.3) is 0 Å². The third kappa shape index (κ3) is 7.76. The lowest BCUT2D eigenvalue weighted by Crippen LogP contribution is -2.45. The summed E-state index contributed by atoms with van der Waals surface area (Å²) < 4.78 is 0. The average Bonchev–Trinajstić information content (AvgIpc) is 3.42. The van der Waals surface area contributed by atoms with Gasteiger partial charge < -0.3 is 25.8 Å². The van der Waals surface area contributed by atoms with Gasteiger partial charge in [0, 0.05) is 31.4 Å². The van der Waals surface area contributed by atoms with Crippen molar-refractivity contribution < 1.29 is 9.59 Å². The normalized spacial score (nSPS) is 14.7. The SMILES string of the molecule is CC(C)CN(CCN(C)C)C(=O)NC(C)c1ccc(NC(=O)NC2CC2)cc1. The number of hydrogen-bond donors (Lipinski definition) is 3. The van der Waals surface area contributed by atoms with Crippen LogP contribution in [-0.2, 0) is 0 Å². The second-order valence-electron chi connectivity index (χ2n) is 8.31. The lowest BCUT2D eigenvalue weighted by atomic mass is 10.1. The summed E-state index contributed by atoms with van der Waals surface area (Å²) in [6, 6.07) is 7.60. The maximum atomic E-state index is 12.7. The van der Waals surface area contributed by atoms with E-state index in [4.69, 9.17) is 0 Å². The monoisotopic (exact) mass is 389 g/mol. The molecule has 1 unspecified atom stereocenters. The van der Waals surface area contributed by atoms with E-state index in [0.717, 1.165) is 37.2 Å². The lowest BCUT2D eigenvalue weighted by Gasteiger charge is -2.28. The molecule has 7 nitrogen and oxygen atoms in total. The van der Waals surface area contributed by atoms with E-state index >= 15 is 0 Å². The molecule has 0 aliphatic heterocycles. The smallest absolute Gasteiger partial charge is 0.319 e. The summed E-state index contributed by atoms with van der Waals surface area (Å²) in [6.07, 6.45) is 2.12. The maximum Gasteiger partial charge on any atom is 0.319 e. The average molecular weight is 390 g/mol. The van der Waals surface area contributed by atoms with Crippen LogP contribution in [0.2, 0.25) is 0 Å². The Bertz CT molecular complexity index is 641. The van der Waals surface area contributed by atoms with Crippen LogP contribution in [0.25, 0.3) is 0 Å². The van der Waals surface area contributed by atoms with Gasteiger partial charge in [-0.25, -0.2) is 9.59 Å². The molecule has 1 atom stereocenters. The predicted molar refractivity (Wildman–Crippen MR) is 114 cm³/mol. The zero-order valence-corrected chi connectivity index (χ0v) is 17.8. The van der Waals surface area contributed by atoms with Crippen LogP contribution in [0.5, 0.6) is 0 Å². The van der Waals surface area contributed by atoms with Gasteiger partial charge in [-0.3, -0.25) is 0 Å². The van der Waals surface area contributed by atoms with Crippen LogP contribution in [-0.4, -0.2) is 61.6 Å². The quantitative estimate of drug-likeness (QED) is 0.607. The van der Waals surface area contributed by atoms with Crippen molar-refractivity contribution in [1.82, 2.24) is 20.4 Å². The molecule has 7 heteroatoms. The minimum atomic E-state index is -0.165. The molecule has 0 bridgehead atoms. The number of anilines is 1. The number of nitrogens with one attached hydrogen (secondary N) is 3. The Hall–Kier alpha value is -2.28. The van der Waals surface area contributed by atoms with Crippen LogP contribution in [0.3, 0.4) is 0 Å². The third-order valence-corrected chi connectivity index (χ3v) is 4.61. The Morgan fingerprint density at radius 2 is 1.71 bits per heavy atom. The van der Waals surface area contributed by atoms with Crippen LogP contribution in [0, 0.1) is 5.92 Å². The molecule has 0 aromatic heterocycles. The fraction of sp³-hybridized carbons (Fsp3) is 0.619. The molecule has 4 amide bonds. The number of carbonyl (C=O) groups is 2. The van der Waals surface area contributed by atoms with Gasteiger partial charge in [0.2, 0.25) is 0 Å². The molecule has 1 fully saturated rings. The molecule has 0 saturated heterocycles. The van der Waals surface area contributed by atoms with Gasteiger partial charge in [-0.05, 0) is 57.5 Å². The summed E-state index contributed by atoms with van der Waals surface area (Å²) >= 11 is 0. The topological polar surface area (TPSA) is 76.7 Å². The fourth-order valence-corrected chi connectivity index (χ4v) is 2.83. The molecule has 0 heterocycles. The highest BCUT2D eigenvalue weighted by molar-refractivity contribution is 5.89. The van der Waals surface area contributed by atoms with Crippen molar-refractivity contribution in [3.63, 3.8) is 0 Å². The van der Waals surface area contributed by atoms with Crippen LogP contribution in [0.15, 0.2) is 24.3 Å². The molecule has 1 saturated carbocycles. The molecule has 0 radical (unpaired) electrons. The van der Waals surface area contributed by atoms with Gasteiger partial charge in [-0.2, -0.15) is 0 Å². The zero-order valence-electron chi connectivity index (χ0n) is 17.8. The first-order valence-electron chi connectivity index (χ1n) is 10.1. The molecule has 156 valence electrons. The number of amides is 4. The Balaban J connectivity index is 1.89. The van der Waals surface area contributed by atoms with Gasteiger partial charge in [-0.1, -0.05) is 26.0 Å². The second-order valence-corrected chi connectivity index (χ2v) is 8.31. The minimum absolute atomic E-state index is 0.0472. The van der Waals surface area contributed by atoms with E-state index in [0.29, 0.717) is 18.5 Å². The predicted octanol–water partition coefficient (Wildman–Crippen LogP) is 3.26. The molecule has 28 heavy (non-hydrogen) atoms. The van der Waals surface area contributed by atoms with Crippen LogP contribution in [0.4, 0.5) is 15.3 Å². The number of nitrogens with zero attached hydrogens (tertiary/aromatic N) is 2. The number of benzene rings is 1. The molecule has 0 spiro atoms. The third-order valence-electron chi connectivity index (χ3n) is 4.61. The fourth-order valence-electron chi connectivity index (χ4n) is 2.83. The van der Waals surface area contributed by atoms with Gasteiger partial charge >= 0.3 is 12.1 Å². The van der Waals surface area contributed by atoms with Crippen LogP contribution < -0.4 is 16.0 Å². The summed E-state index contributed by atoms with van der Waals surface area (Å²) in [7, 11) is 4.02. The van der Waals surface area contributed by atoms with Gasteiger partial charge in [-0.15, -0.1) is 0 Å². The van der Waals surface area contributed by atoms with E-state index in [1.807, 2.05) is 50.2 Å². The van der Waals surface area contributed by atoms with E-state index in [1.54, 1.807) is 0 Å². The zero-order chi connectivity index (χ0) is 20.7. The van der Waals surface area contributed by atoms with E-state index in [2.05, 4.69) is 34.7 Å². The minimum Gasteiger partial charge on any atom is -0.335 e. The Kier molecular flexibility index (Phi) is 8.11. The molecule has 2 rings (SSSR count). The molecule has 1 aromatic carbocycles. The summed E-state index contributed by atoms with van der Waals surface area (Å²) in [5, 5.41) is 8.82. The van der Waals surface area contributed by atoms with Gasteiger partial charge in [0.15, 0.2) is 0 Å².